The summed E-state index contributed by atoms with van der Waals surface area (Å²) in [7, 11) is 0. The standard InChI is InChI=1S/C17H15F5N4O/c1-9(11-5-4-10(7-12(11)18)17(20,21)22)24-16-23-8-13(19)15(25-16)26-6-2-3-14(26)27/h4-5,7-9H,2-3,6H2,1H3,(H,23,24,25)/t9-/m0/s1. The summed E-state index contributed by atoms with van der Waals surface area (Å²) >= 11 is 0. The van der Waals surface area contributed by atoms with Crippen molar-refractivity contribution in [3.63, 3.8) is 0 Å². The van der Waals surface area contributed by atoms with Gasteiger partial charge in [0, 0.05) is 18.5 Å². The van der Waals surface area contributed by atoms with Crippen molar-refractivity contribution in [3.05, 3.63) is 47.2 Å². The topological polar surface area (TPSA) is 58.1 Å². The monoisotopic (exact) mass is 386 g/mol. The summed E-state index contributed by atoms with van der Waals surface area (Å²) in [6.45, 7) is 1.83. The number of carbonyl (C=O) groups is 1. The molecule has 0 aliphatic carbocycles. The molecule has 5 nitrogen and oxygen atoms in total. The van der Waals surface area contributed by atoms with Gasteiger partial charge in [0.25, 0.3) is 0 Å². The number of aromatic nitrogens is 2. The Morgan fingerprint density at radius 2 is 1.96 bits per heavy atom. The first-order valence-electron chi connectivity index (χ1n) is 8.13. The van der Waals surface area contributed by atoms with E-state index < -0.39 is 29.4 Å². The van der Waals surface area contributed by atoms with E-state index >= 15 is 0 Å². The van der Waals surface area contributed by atoms with Gasteiger partial charge in [0.15, 0.2) is 11.6 Å². The van der Waals surface area contributed by atoms with Gasteiger partial charge in [-0.2, -0.15) is 18.2 Å². The van der Waals surface area contributed by atoms with Gasteiger partial charge in [-0.1, -0.05) is 6.07 Å². The van der Waals surface area contributed by atoms with Crippen LogP contribution >= 0.6 is 0 Å². The van der Waals surface area contributed by atoms with Gasteiger partial charge in [-0.3, -0.25) is 9.69 Å². The van der Waals surface area contributed by atoms with E-state index in [0.717, 1.165) is 18.3 Å². The fourth-order valence-electron chi connectivity index (χ4n) is 2.82. The minimum absolute atomic E-state index is 0.0327. The number of hydrogen-bond donors (Lipinski definition) is 1. The lowest BCUT2D eigenvalue weighted by Gasteiger charge is -2.19. The molecule has 1 aromatic carbocycles. The highest BCUT2D eigenvalue weighted by atomic mass is 19.4. The van der Waals surface area contributed by atoms with Crippen molar-refractivity contribution >= 4 is 17.7 Å². The highest BCUT2D eigenvalue weighted by molar-refractivity contribution is 5.94. The van der Waals surface area contributed by atoms with Crippen molar-refractivity contribution < 1.29 is 26.7 Å². The van der Waals surface area contributed by atoms with Crippen molar-refractivity contribution in [2.45, 2.75) is 32.0 Å². The maximum Gasteiger partial charge on any atom is 0.416 e. The predicted molar refractivity (Wildman–Crippen MR) is 87.0 cm³/mol. The molecule has 1 saturated heterocycles. The summed E-state index contributed by atoms with van der Waals surface area (Å²) in [5.41, 5.74) is -1.13. The van der Waals surface area contributed by atoms with Gasteiger partial charge >= 0.3 is 6.18 Å². The van der Waals surface area contributed by atoms with Crippen LogP contribution in [-0.2, 0) is 11.0 Å². The van der Waals surface area contributed by atoms with Crippen molar-refractivity contribution in [3.8, 4) is 0 Å². The third-order valence-corrected chi connectivity index (χ3v) is 4.19. The molecule has 27 heavy (non-hydrogen) atoms. The van der Waals surface area contributed by atoms with E-state index in [-0.39, 0.29) is 23.2 Å². The molecular formula is C17H15F5N4O. The summed E-state index contributed by atoms with van der Waals surface area (Å²) in [4.78, 5) is 20.7. The molecule has 0 bridgehead atoms. The second kappa shape index (κ2) is 7.09. The van der Waals surface area contributed by atoms with Crippen LogP contribution in [0.3, 0.4) is 0 Å². The Labute approximate surface area is 151 Å². The number of alkyl halides is 3. The molecule has 0 spiro atoms. The SMILES string of the molecule is C[C@H](Nc1ncc(F)c(N2CCCC2=O)n1)c1ccc(C(F)(F)F)cc1F. The number of hydrogen-bond acceptors (Lipinski definition) is 4. The van der Waals surface area contributed by atoms with Crippen LogP contribution in [0.4, 0.5) is 33.7 Å². The molecule has 1 amide bonds. The fraction of sp³-hybridized carbons (Fsp3) is 0.353. The van der Waals surface area contributed by atoms with E-state index in [1.807, 2.05) is 0 Å². The van der Waals surface area contributed by atoms with E-state index in [9.17, 15) is 26.7 Å². The average molecular weight is 386 g/mol. The average Bonchev–Trinajstić information content (AvgIpc) is 3.01. The quantitative estimate of drug-likeness (QED) is 0.805. The Hall–Kier alpha value is -2.78. The number of benzene rings is 1. The van der Waals surface area contributed by atoms with Crippen molar-refractivity contribution in [2.75, 3.05) is 16.8 Å². The molecule has 144 valence electrons. The van der Waals surface area contributed by atoms with Gasteiger partial charge in [-0.25, -0.2) is 13.8 Å². The molecule has 0 saturated carbocycles. The summed E-state index contributed by atoms with van der Waals surface area (Å²) in [6, 6.07) is 1.41. The molecule has 2 heterocycles. The third-order valence-electron chi connectivity index (χ3n) is 4.19. The second-order valence-electron chi connectivity index (χ2n) is 6.11. The van der Waals surface area contributed by atoms with E-state index in [1.165, 1.54) is 11.8 Å². The van der Waals surface area contributed by atoms with E-state index in [1.54, 1.807) is 0 Å². The number of amides is 1. The zero-order valence-electron chi connectivity index (χ0n) is 14.1. The van der Waals surface area contributed by atoms with Crippen LogP contribution in [0.15, 0.2) is 24.4 Å². The maximum atomic E-state index is 14.1. The molecule has 0 radical (unpaired) electrons. The lowest BCUT2D eigenvalue weighted by molar-refractivity contribution is -0.137. The molecule has 1 aliphatic heterocycles. The third kappa shape index (κ3) is 3.99. The number of halogens is 5. The summed E-state index contributed by atoms with van der Waals surface area (Å²) in [5, 5.41) is 2.72. The molecule has 0 unspecified atom stereocenters. The van der Waals surface area contributed by atoms with Crippen molar-refractivity contribution in [1.82, 2.24) is 9.97 Å². The minimum atomic E-state index is -4.65. The number of nitrogens with zero attached hydrogens (tertiary/aromatic N) is 3. The highest BCUT2D eigenvalue weighted by Gasteiger charge is 2.31. The van der Waals surface area contributed by atoms with Gasteiger partial charge in [0.1, 0.15) is 5.82 Å². The van der Waals surface area contributed by atoms with Crippen LogP contribution in [0.1, 0.15) is 36.9 Å². The Morgan fingerprint density at radius 3 is 2.56 bits per heavy atom. The summed E-state index contributed by atoms with van der Waals surface area (Å²) in [6.07, 6.45) is -2.89. The highest BCUT2D eigenvalue weighted by Crippen LogP contribution is 2.32. The van der Waals surface area contributed by atoms with E-state index in [4.69, 9.17) is 0 Å². The molecule has 3 rings (SSSR count). The van der Waals surface area contributed by atoms with Crippen LogP contribution in [0.2, 0.25) is 0 Å². The maximum absolute atomic E-state index is 14.1. The molecule has 1 N–H and O–H groups in total. The summed E-state index contributed by atoms with van der Waals surface area (Å²) in [5.74, 6) is -2.33. The van der Waals surface area contributed by atoms with Gasteiger partial charge in [0.2, 0.25) is 11.9 Å². The lowest BCUT2D eigenvalue weighted by Crippen LogP contribution is -2.26. The van der Waals surface area contributed by atoms with Crippen LogP contribution < -0.4 is 10.2 Å². The summed E-state index contributed by atoms with van der Waals surface area (Å²) < 4.78 is 66.0. The molecule has 1 atom stereocenters. The minimum Gasteiger partial charge on any atom is -0.348 e. The van der Waals surface area contributed by atoms with Crippen molar-refractivity contribution in [1.29, 1.82) is 0 Å². The molecule has 1 aliphatic rings. The zero-order valence-corrected chi connectivity index (χ0v) is 14.1. The molecule has 1 fully saturated rings. The van der Waals surface area contributed by atoms with E-state index in [0.29, 0.717) is 25.5 Å². The predicted octanol–water partition coefficient (Wildman–Crippen LogP) is 4.07. The fourth-order valence-corrected chi connectivity index (χ4v) is 2.82. The van der Waals surface area contributed by atoms with Crippen molar-refractivity contribution in [2.24, 2.45) is 0 Å². The largest absolute Gasteiger partial charge is 0.416 e. The van der Waals surface area contributed by atoms with Crippen LogP contribution in [0, 0.1) is 11.6 Å². The van der Waals surface area contributed by atoms with Crippen LogP contribution in [0.25, 0.3) is 0 Å². The van der Waals surface area contributed by atoms with Crippen LogP contribution in [-0.4, -0.2) is 22.4 Å². The lowest BCUT2D eigenvalue weighted by atomic mass is 10.0. The molecular weight excluding hydrogens is 371 g/mol. The molecule has 2 aromatic rings. The van der Waals surface area contributed by atoms with Gasteiger partial charge in [-0.15, -0.1) is 0 Å². The first-order chi connectivity index (χ1) is 12.7. The number of nitrogens with one attached hydrogen (secondary N) is 1. The first kappa shape index (κ1) is 19.0. The number of rotatable bonds is 4. The first-order valence-corrected chi connectivity index (χ1v) is 8.13. The molecule has 10 heteroatoms. The van der Waals surface area contributed by atoms with Crippen LogP contribution in [0.5, 0.6) is 0 Å². The normalized spacial score (nSPS) is 15.9. The Bertz CT molecular complexity index is 871. The number of anilines is 2. The van der Waals surface area contributed by atoms with Gasteiger partial charge < -0.3 is 5.32 Å². The smallest absolute Gasteiger partial charge is 0.348 e. The zero-order chi connectivity index (χ0) is 19.8. The Morgan fingerprint density at radius 1 is 1.22 bits per heavy atom. The Kier molecular flexibility index (Phi) is 4.99. The van der Waals surface area contributed by atoms with Gasteiger partial charge in [-0.05, 0) is 25.5 Å². The molecule has 1 aromatic heterocycles. The number of carbonyl (C=O) groups excluding carboxylic acids is 1. The van der Waals surface area contributed by atoms with Gasteiger partial charge in [0.05, 0.1) is 17.8 Å². The Balaban J connectivity index is 1.82. The van der Waals surface area contributed by atoms with E-state index in [2.05, 4.69) is 15.3 Å². The second-order valence-corrected chi connectivity index (χ2v) is 6.11.